The first-order valence-electron chi connectivity index (χ1n) is 7.30. The van der Waals surface area contributed by atoms with Crippen LogP contribution in [-0.2, 0) is 4.74 Å². The smallest absolute Gasteiger partial charge is 0.272 e. The summed E-state index contributed by atoms with van der Waals surface area (Å²) in [6, 6.07) is 4.12. The molecule has 0 radical (unpaired) electrons. The third kappa shape index (κ3) is 4.15. The number of nitrogens with zero attached hydrogens (tertiary/aromatic N) is 1. The Morgan fingerprint density at radius 1 is 1.48 bits per heavy atom. The minimum absolute atomic E-state index is 0.174. The van der Waals surface area contributed by atoms with Gasteiger partial charge in [-0.3, -0.25) is 10.1 Å². The van der Waals surface area contributed by atoms with Crippen molar-refractivity contribution in [2.75, 3.05) is 25.1 Å². The van der Waals surface area contributed by atoms with Crippen LogP contribution in [0.3, 0.4) is 0 Å². The summed E-state index contributed by atoms with van der Waals surface area (Å²) in [4.78, 5) is 10.6. The molecule has 116 valence electrons. The number of nitrogens with one attached hydrogen (secondary N) is 2. The molecule has 1 aliphatic rings. The summed E-state index contributed by atoms with van der Waals surface area (Å²) >= 11 is 0. The van der Waals surface area contributed by atoms with Gasteiger partial charge in [0.25, 0.3) is 5.69 Å². The topological polar surface area (TPSA) is 76.4 Å². The summed E-state index contributed by atoms with van der Waals surface area (Å²) in [6.07, 6.45) is 0.954. The van der Waals surface area contributed by atoms with Gasteiger partial charge in [-0.05, 0) is 38.8 Å². The number of anilines is 1. The minimum atomic E-state index is -0.334. The fourth-order valence-electron chi connectivity index (χ4n) is 2.68. The summed E-state index contributed by atoms with van der Waals surface area (Å²) in [7, 11) is 0. The highest BCUT2D eigenvalue weighted by molar-refractivity contribution is 5.59. The van der Waals surface area contributed by atoms with E-state index >= 15 is 0 Å². The molecular formula is C15H23N3O3. The van der Waals surface area contributed by atoms with Gasteiger partial charge in [0, 0.05) is 35.9 Å². The van der Waals surface area contributed by atoms with E-state index < -0.39 is 0 Å². The lowest BCUT2D eigenvalue weighted by molar-refractivity contribution is -0.385. The first-order chi connectivity index (χ1) is 9.97. The number of morpholine rings is 1. The molecule has 2 N–H and O–H groups in total. The number of aryl methyl sites for hydroxylation is 2. The summed E-state index contributed by atoms with van der Waals surface area (Å²) in [6.45, 7) is 8.19. The lowest BCUT2D eigenvalue weighted by Gasteiger charge is -2.27. The highest BCUT2D eigenvalue weighted by Crippen LogP contribution is 2.26. The van der Waals surface area contributed by atoms with E-state index in [1.807, 2.05) is 13.0 Å². The van der Waals surface area contributed by atoms with Gasteiger partial charge < -0.3 is 15.4 Å². The van der Waals surface area contributed by atoms with Crippen LogP contribution in [-0.4, -0.2) is 36.8 Å². The quantitative estimate of drug-likeness (QED) is 0.644. The van der Waals surface area contributed by atoms with Crippen LogP contribution in [0.4, 0.5) is 11.4 Å². The second kappa shape index (κ2) is 6.87. The van der Waals surface area contributed by atoms with Gasteiger partial charge in [0.15, 0.2) is 0 Å². The zero-order valence-electron chi connectivity index (χ0n) is 12.8. The highest BCUT2D eigenvalue weighted by atomic mass is 16.6. The van der Waals surface area contributed by atoms with Crippen molar-refractivity contribution >= 4 is 11.4 Å². The van der Waals surface area contributed by atoms with E-state index in [1.54, 1.807) is 13.0 Å². The van der Waals surface area contributed by atoms with Crippen molar-refractivity contribution in [3.8, 4) is 0 Å². The number of hydrogen-bond donors (Lipinski definition) is 2. The SMILES string of the molecule is Cc1cc([N+](=O)[O-])c(C)cc1NC(C)CC1COCCN1. The van der Waals surface area contributed by atoms with Crippen molar-refractivity contribution < 1.29 is 9.66 Å². The lowest BCUT2D eigenvalue weighted by atomic mass is 10.0. The molecule has 1 saturated heterocycles. The molecule has 6 nitrogen and oxygen atoms in total. The Hall–Kier alpha value is -1.66. The van der Waals surface area contributed by atoms with Gasteiger partial charge in [0.2, 0.25) is 0 Å². The molecule has 0 amide bonds. The molecule has 2 unspecified atom stereocenters. The van der Waals surface area contributed by atoms with Crippen molar-refractivity contribution in [2.24, 2.45) is 0 Å². The van der Waals surface area contributed by atoms with Crippen molar-refractivity contribution in [3.63, 3.8) is 0 Å². The molecule has 1 heterocycles. The fraction of sp³-hybridized carbons (Fsp3) is 0.600. The zero-order chi connectivity index (χ0) is 15.4. The molecule has 2 atom stereocenters. The third-order valence-corrected chi connectivity index (χ3v) is 3.78. The predicted molar refractivity (Wildman–Crippen MR) is 82.9 cm³/mol. The summed E-state index contributed by atoms with van der Waals surface area (Å²) in [5.74, 6) is 0. The van der Waals surface area contributed by atoms with Gasteiger partial charge >= 0.3 is 0 Å². The molecule has 1 aromatic rings. The molecule has 0 aromatic heterocycles. The largest absolute Gasteiger partial charge is 0.382 e. The molecule has 2 rings (SSSR count). The van der Waals surface area contributed by atoms with Crippen LogP contribution in [0, 0.1) is 24.0 Å². The van der Waals surface area contributed by atoms with E-state index in [4.69, 9.17) is 4.74 Å². The molecule has 0 saturated carbocycles. The van der Waals surface area contributed by atoms with E-state index in [0.717, 1.165) is 37.4 Å². The summed E-state index contributed by atoms with van der Waals surface area (Å²) < 4.78 is 5.45. The monoisotopic (exact) mass is 293 g/mol. The average molecular weight is 293 g/mol. The Balaban J connectivity index is 2.01. The van der Waals surface area contributed by atoms with E-state index in [-0.39, 0.29) is 16.7 Å². The lowest BCUT2D eigenvalue weighted by Crippen LogP contribution is -2.43. The summed E-state index contributed by atoms with van der Waals surface area (Å²) in [5.41, 5.74) is 2.71. The van der Waals surface area contributed by atoms with Gasteiger partial charge in [-0.25, -0.2) is 0 Å². The average Bonchev–Trinajstić information content (AvgIpc) is 2.43. The zero-order valence-corrected chi connectivity index (χ0v) is 12.8. The van der Waals surface area contributed by atoms with Crippen LogP contribution in [0.2, 0.25) is 0 Å². The molecule has 0 bridgehead atoms. The van der Waals surface area contributed by atoms with Gasteiger partial charge in [-0.1, -0.05) is 0 Å². The van der Waals surface area contributed by atoms with Crippen molar-refractivity contribution in [1.29, 1.82) is 0 Å². The number of nitro benzene ring substituents is 1. The first-order valence-corrected chi connectivity index (χ1v) is 7.30. The maximum Gasteiger partial charge on any atom is 0.272 e. The number of ether oxygens (including phenoxy) is 1. The van der Waals surface area contributed by atoms with Crippen LogP contribution in [0.25, 0.3) is 0 Å². The molecule has 1 aliphatic heterocycles. The van der Waals surface area contributed by atoms with Crippen LogP contribution in [0.15, 0.2) is 12.1 Å². The summed E-state index contributed by atoms with van der Waals surface area (Å²) in [5, 5.41) is 17.8. The standard InChI is InChI=1S/C15H23N3O3/c1-10-7-15(18(19)20)11(2)6-14(10)17-12(3)8-13-9-21-5-4-16-13/h6-7,12-13,16-17H,4-5,8-9H2,1-3H3. The van der Waals surface area contributed by atoms with E-state index in [0.29, 0.717) is 11.6 Å². The van der Waals surface area contributed by atoms with Gasteiger partial charge in [-0.15, -0.1) is 0 Å². The Labute approximate surface area is 125 Å². The van der Waals surface area contributed by atoms with Crippen molar-refractivity contribution in [1.82, 2.24) is 5.32 Å². The highest BCUT2D eigenvalue weighted by Gasteiger charge is 2.18. The minimum Gasteiger partial charge on any atom is -0.382 e. The number of hydrogen-bond acceptors (Lipinski definition) is 5. The molecule has 0 aliphatic carbocycles. The maximum absolute atomic E-state index is 10.9. The number of nitro groups is 1. The molecule has 1 fully saturated rings. The van der Waals surface area contributed by atoms with Gasteiger partial charge in [-0.2, -0.15) is 0 Å². The van der Waals surface area contributed by atoms with Crippen molar-refractivity contribution in [2.45, 2.75) is 39.3 Å². The van der Waals surface area contributed by atoms with Crippen LogP contribution in [0.5, 0.6) is 0 Å². The van der Waals surface area contributed by atoms with Crippen LogP contribution in [0.1, 0.15) is 24.5 Å². The fourth-order valence-corrected chi connectivity index (χ4v) is 2.68. The Morgan fingerprint density at radius 3 is 2.86 bits per heavy atom. The molecule has 0 spiro atoms. The first kappa shape index (κ1) is 15.7. The van der Waals surface area contributed by atoms with E-state index in [2.05, 4.69) is 17.6 Å². The third-order valence-electron chi connectivity index (χ3n) is 3.78. The Morgan fingerprint density at radius 2 is 2.24 bits per heavy atom. The maximum atomic E-state index is 10.9. The van der Waals surface area contributed by atoms with Gasteiger partial charge in [0.05, 0.1) is 18.1 Å². The second-order valence-corrected chi connectivity index (χ2v) is 5.72. The van der Waals surface area contributed by atoms with Crippen molar-refractivity contribution in [3.05, 3.63) is 33.4 Å². The van der Waals surface area contributed by atoms with Crippen LogP contribution >= 0.6 is 0 Å². The molecule has 21 heavy (non-hydrogen) atoms. The van der Waals surface area contributed by atoms with E-state index in [9.17, 15) is 10.1 Å². The van der Waals surface area contributed by atoms with Gasteiger partial charge in [0.1, 0.15) is 0 Å². The van der Waals surface area contributed by atoms with E-state index in [1.165, 1.54) is 0 Å². The Kier molecular flexibility index (Phi) is 5.14. The number of rotatable bonds is 5. The molecule has 6 heteroatoms. The molecular weight excluding hydrogens is 270 g/mol. The second-order valence-electron chi connectivity index (χ2n) is 5.72. The number of benzene rings is 1. The Bertz CT molecular complexity index is 513. The van der Waals surface area contributed by atoms with Crippen LogP contribution < -0.4 is 10.6 Å². The molecule has 1 aromatic carbocycles. The normalized spacial score (nSPS) is 20.0. The predicted octanol–water partition coefficient (Wildman–Crippen LogP) is 2.39.